The first-order valence-electron chi connectivity index (χ1n) is 10.3. The monoisotopic (exact) mass is 489 g/mol. The Balaban J connectivity index is 1.57. The zero-order valence-electron chi connectivity index (χ0n) is 17.3. The van der Waals surface area contributed by atoms with E-state index < -0.39 is 28.6 Å². The first-order chi connectivity index (χ1) is 15.4. The first-order valence-corrected chi connectivity index (χ1v) is 11.1. The second kappa shape index (κ2) is 7.41. The van der Waals surface area contributed by atoms with Crippen LogP contribution >= 0.6 is 15.9 Å². The van der Waals surface area contributed by atoms with E-state index >= 15 is 0 Å². The van der Waals surface area contributed by atoms with Crippen LogP contribution in [0, 0.1) is 10.8 Å². The van der Waals surface area contributed by atoms with Crippen LogP contribution in [-0.2, 0) is 16.1 Å². The number of nitrogens with one attached hydrogen (secondary N) is 1. The molecule has 1 saturated carbocycles. The molecule has 1 fully saturated rings. The number of hydrogen-bond acceptors (Lipinski definition) is 4. The third-order valence-corrected chi connectivity index (χ3v) is 7.26. The van der Waals surface area contributed by atoms with Gasteiger partial charge in [0, 0.05) is 28.1 Å². The minimum Gasteiger partial charge on any atom is -0.425 e. The van der Waals surface area contributed by atoms with Gasteiger partial charge in [-0.3, -0.25) is 14.4 Å². The fourth-order valence-electron chi connectivity index (χ4n) is 5.07. The van der Waals surface area contributed by atoms with Gasteiger partial charge in [-0.15, -0.1) is 0 Å². The fourth-order valence-corrected chi connectivity index (χ4v) is 5.34. The highest BCUT2D eigenvalue weighted by atomic mass is 79.9. The Kier molecular flexibility index (Phi) is 4.78. The van der Waals surface area contributed by atoms with Crippen molar-refractivity contribution in [2.24, 2.45) is 10.8 Å². The molecule has 3 aromatic carbocycles. The van der Waals surface area contributed by atoms with Gasteiger partial charge in [0.05, 0.1) is 5.41 Å². The van der Waals surface area contributed by atoms with Crippen molar-refractivity contribution in [2.45, 2.75) is 19.4 Å². The molecule has 5 rings (SSSR count). The van der Waals surface area contributed by atoms with Crippen LogP contribution in [0.3, 0.4) is 0 Å². The van der Waals surface area contributed by atoms with Crippen LogP contribution in [0.15, 0.2) is 83.3 Å². The molecule has 3 atom stereocenters. The summed E-state index contributed by atoms with van der Waals surface area (Å²) in [5.74, 6) is -1.61. The Morgan fingerprint density at radius 1 is 0.969 bits per heavy atom. The van der Waals surface area contributed by atoms with Gasteiger partial charge in [-0.1, -0.05) is 76.6 Å². The molecule has 32 heavy (non-hydrogen) atoms. The highest BCUT2D eigenvalue weighted by molar-refractivity contribution is 9.10. The molecular formula is C26H20BrNO4. The van der Waals surface area contributed by atoms with Crippen molar-refractivity contribution in [3.63, 3.8) is 0 Å². The molecule has 2 aliphatic rings. The van der Waals surface area contributed by atoms with Gasteiger partial charge in [-0.2, -0.15) is 0 Å². The average Bonchev–Trinajstić information content (AvgIpc) is 3.41. The molecule has 160 valence electrons. The standard InChI is InChI=1S/C26H20BrNO4/c1-25(22(29)17-11-13-18(27)14-12-17)21-19-9-5-6-10-20(19)32-24(31)26(21,25)23(30)28-15-16-7-3-2-4-8-16/h2-14,21H,15H2,1H3,(H,28,30)/t21-,25+,26-/m0/s1. The van der Waals surface area contributed by atoms with E-state index in [1.165, 1.54) is 0 Å². The SMILES string of the molecule is C[C@]1(C(=O)c2ccc(Br)cc2)[C@@H]2c3ccccc3OC(=O)[C@@]21C(=O)NCc1ccccc1. The van der Waals surface area contributed by atoms with Crippen molar-refractivity contribution in [3.05, 3.63) is 100 Å². The third-order valence-electron chi connectivity index (χ3n) is 6.73. The third kappa shape index (κ3) is 2.79. The number of para-hydroxylation sites is 1. The molecule has 5 nitrogen and oxygen atoms in total. The Bertz CT molecular complexity index is 1240. The van der Waals surface area contributed by atoms with Gasteiger partial charge in [-0.25, -0.2) is 0 Å². The van der Waals surface area contributed by atoms with E-state index in [1.54, 1.807) is 43.3 Å². The largest absolute Gasteiger partial charge is 0.425 e. The molecule has 3 aromatic rings. The Hall–Kier alpha value is -3.25. The summed E-state index contributed by atoms with van der Waals surface area (Å²) in [4.78, 5) is 40.7. The minimum absolute atomic E-state index is 0.251. The van der Waals surface area contributed by atoms with E-state index in [1.807, 2.05) is 42.5 Å². The summed E-state index contributed by atoms with van der Waals surface area (Å²) in [5.41, 5.74) is -0.813. The summed E-state index contributed by atoms with van der Waals surface area (Å²) in [5, 5.41) is 2.88. The van der Waals surface area contributed by atoms with Crippen LogP contribution in [0.25, 0.3) is 0 Å². The molecule has 0 bridgehead atoms. The predicted molar refractivity (Wildman–Crippen MR) is 122 cm³/mol. The summed E-state index contributed by atoms with van der Waals surface area (Å²) >= 11 is 3.38. The highest BCUT2D eigenvalue weighted by Crippen LogP contribution is 2.78. The lowest BCUT2D eigenvalue weighted by atomic mass is 9.86. The number of amides is 1. The zero-order valence-corrected chi connectivity index (χ0v) is 18.9. The smallest absolute Gasteiger partial charge is 0.328 e. The molecule has 0 spiro atoms. The fraction of sp³-hybridized carbons (Fsp3) is 0.192. The van der Waals surface area contributed by atoms with Gasteiger partial charge in [0.2, 0.25) is 5.91 Å². The maximum Gasteiger partial charge on any atom is 0.328 e. The van der Waals surface area contributed by atoms with E-state index in [0.717, 1.165) is 10.0 Å². The quantitative estimate of drug-likeness (QED) is 0.245. The van der Waals surface area contributed by atoms with Gasteiger partial charge in [-0.05, 0) is 30.7 Å². The molecule has 1 aliphatic carbocycles. The van der Waals surface area contributed by atoms with E-state index in [9.17, 15) is 14.4 Å². The maximum absolute atomic E-state index is 13.7. The van der Waals surface area contributed by atoms with Crippen molar-refractivity contribution in [1.82, 2.24) is 5.32 Å². The van der Waals surface area contributed by atoms with Crippen molar-refractivity contribution < 1.29 is 19.1 Å². The molecule has 0 aromatic heterocycles. The number of carbonyl (C=O) groups is 3. The Morgan fingerprint density at radius 3 is 2.34 bits per heavy atom. The number of ketones is 1. The van der Waals surface area contributed by atoms with Gasteiger partial charge in [0.15, 0.2) is 11.2 Å². The zero-order chi connectivity index (χ0) is 22.5. The molecule has 0 saturated heterocycles. The van der Waals surface area contributed by atoms with Crippen molar-refractivity contribution in [2.75, 3.05) is 0 Å². The van der Waals surface area contributed by atoms with Crippen molar-refractivity contribution >= 4 is 33.6 Å². The first kappa shape index (κ1) is 20.6. The van der Waals surface area contributed by atoms with E-state index in [2.05, 4.69) is 21.2 Å². The van der Waals surface area contributed by atoms with Crippen LogP contribution in [0.1, 0.15) is 34.3 Å². The molecule has 0 radical (unpaired) electrons. The van der Waals surface area contributed by atoms with Crippen LogP contribution < -0.4 is 10.1 Å². The van der Waals surface area contributed by atoms with Crippen molar-refractivity contribution in [3.8, 4) is 5.75 Å². The number of Topliss-reactive ketones (excluding diaryl/α,β-unsaturated/α-hetero) is 1. The molecule has 1 heterocycles. The number of ether oxygens (including phenoxy) is 1. The van der Waals surface area contributed by atoms with E-state index in [0.29, 0.717) is 16.9 Å². The number of benzene rings is 3. The molecular weight excluding hydrogens is 470 g/mol. The lowest BCUT2D eigenvalue weighted by Gasteiger charge is -2.23. The second-order valence-corrected chi connectivity index (χ2v) is 9.29. The molecule has 1 amide bonds. The number of halogens is 1. The molecule has 1 N–H and O–H groups in total. The number of fused-ring (bicyclic) bond motifs is 3. The minimum atomic E-state index is -1.61. The summed E-state index contributed by atoms with van der Waals surface area (Å²) in [6, 6.07) is 23.5. The summed E-state index contributed by atoms with van der Waals surface area (Å²) < 4.78 is 6.44. The predicted octanol–water partition coefficient (Wildman–Crippen LogP) is 4.66. The van der Waals surface area contributed by atoms with Crippen LogP contribution in [0.5, 0.6) is 5.75 Å². The second-order valence-electron chi connectivity index (χ2n) is 8.38. The topological polar surface area (TPSA) is 72.5 Å². The maximum atomic E-state index is 13.7. The van der Waals surface area contributed by atoms with Gasteiger partial charge < -0.3 is 10.1 Å². The lowest BCUT2D eigenvalue weighted by Crippen LogP contribution is -2.45. The normalized spacial score (nSPS) is 25.2. The Labute approximate surface area is 193 Å². The van der Waals surface area contributed by atoms with Crippen molar-refractivity contribution in [1.29, 1.82) is 0 Å². The highest BCUT2D eigenvalue weighted by Gasteiger charge is 2.88. The van der Waals surface area contributed by atoms with Crippen LogP contribution in [0.4, 0.5) is 0 Å². The molecule has 1 aliphatic heterocycles. The summed E-state index contributed by atoms with van der Waals surface area (Å²) in [6.07, 6.45) is 0. The number of rotatable bonds is 5. The number of esters is 1. The van der Waals surface area contributed by atoms with Gasteiger partial charge in [0.25, 0.3) is 0 Å². The van der Waals surface area contributed by atoms with E-state index in [4.69, 9.17) is 4.74 Å². The van der Waals surface area contributed by atoms with Crippen LogP contribution in [-0.4, -0.2) is 17.7 Å². The summed E-state index contributed by atoms with van der Waals surface area (Å²) in [7, 11) is 0. The Morgan fingerprint density at radius 2 is 1.62 bits per heavy atom. The van der Waals surface area contributed by atoms with Gasteiger partial charge >= 0.3 is 5.97 Å². The number of hydrogen-bond donors (Lipinski definition) is 1. The van der Waals surface area contributed by atoms with E-state index in [-0.39, 0.29) is 12.3 Å². The molecule has 0 unspecified atom stereocenters. The summed E-state index contributed by atoms with van der Waals surface area (Å²) in [6.45, 7) is 1.96. The lowest BCUT2D eigenvalue weighted by molar-refractivity contribution is -0.149. The average molecular weight is 490 g/mol. The van der Waals surface area contributed by atoms with Gasteiger partial charge in [0.1, 0.15) is 5.75 Å². The number of carbonyl (C=O) groups excluding carboxylic acids is 3. The van der Waals surface area contributed by atoms with Crippen LogP contribution in [0.2, 0.25) is 0 Å². The molecule has 6 heteroatoms.